The Hall–Kier alpha value is -1.80. The van der Waals surface area contributed by atoms with Gasteiger partial charge in [0.15, 0.2) is 0 Å². The van der Waals surface area contributed by atoms with Crippen molar-refractivity contribution in [1.29, 1.82) is 0 Å². The lowest BCUT2D eigenvalue weighted by Gasteiger charge is -2.33. The SMILES string of the molecule is CN1C2=CC=CC(N)C2=Cc2ccccc21. The van der Waals surface area contributed by atoms with Gasteiger partial charge in [-0.15, -0.1) is 0 Å². The summed E-state index contributed by atoms with van der Waals surface area (Å²) in [5.74, 6) is 0. The molecule has 0 saturated carbocycles. The van der Waals surface area contributed by atoms with Crippen LogP contribution in [0.15, 0.2) is 53.8 Å². The van der Waals surface area contributed by atoms with Gasteiger partial charge in [0.25, 0.3) is 0 Å². The number of allylic oxidation sites excluding steroid dienone is 2. The van der Waals surface area contributed by atoms with Crippen molar-refractivity contribution < 1.29 is 0 Å². The summed E-state index contributed by atoms with van der Waals surface area (Å²) in [4.78, 5) is 2.20. The van der Waals surface area contributed by atoms with Gasteiger partial charge in [0.1, 0.15) is 0 Å². The molecule has 2 heteroatoms. The van der Waals surface area contributed by atoms with Gasteiger partial charge >= 0.3 is 0 Å². The topological polar surface area (TPSA) is 29.3 Å². The minimum atomic E-state index is 0.0100. The molecule has 1 heterocycles. The fraction of sp³-hybridized carbons (Fsp3) is 0.143. The van der Waals surface area contributed by atoms with Gasteiger partial charge in [-0.3, -0.25) is 0 Å². The molecule has 0 radical (unpaired) electrons. The fourth-order valence-electron chi connectivity index (χ4n) is 2.33. The summed E-state index contributed by atoms with van der Waals surface area (Å²) in [6.07, 6.45) is 8.36. The molecule has 0 bridgehead atoms. The van der Waals surface area contributed by atoms with Gasteiger partial charge < -0.3 is 10.6 Å². The van der Waals surface area contributed by atoms with Crippen LogP contribution in [0.1, 0.15) is 5.56 Å². The molecule has 1 atom stereocenters. The van der Waals surface area contributed by atoms with E-state index >= 15 is 0 Å². The molecule has 3 rings (SSSR count). The first-order chi connectivity index (χ1) is 7.77. The molecule has 80 valence electrons. The second kappa shape index (κ2) is 3.35. The van der Waals surface area contributed by atoms with E-state index in [4.69, 9.17) is 5.73 Å². The Labute approximate surface area is 95.4 Å². The van der Waals surface area contributed by atoms with E-state index in [0.29, 0.717) is 0 Å². The number of nitrogens with two attached hydrogens (primary N) is 1. The van der Waals surface area contributed by atoms with Crippen LogP contribution in [0.5, 0.6) is 0 Å². The number of hydrogen-bond acceptors (Lipinski definition) is 2. The summed E-state index contributed by atoms with van der Waals surface area (Å²) in [5, 5.41) is 0. The summed E-state index contributed by atoms with van der Waals surface area (Å²) in [7, 11) is 2.09. The zero-order valence-electron chi connectivity index (χ0n) is 9.22. The van der Waals surface area contributed by atoms with Crippen LogP contribution in [0, 0.1) is 0 Å². The maximum Gasteiger partial charge on any atom is 0.0505 e. The molecule has 16 heavy (non-hydrogen) atoms. The summed E-state index contributed by atoms with van der Waals surface area (Å²) >= 11 is 0. The average Bonchev–Trinajstić information content (AvgIpc) is 2.31. The molecule has 1 aromatic carbocycles. The molecule has 1 unspecified atom stereocenters. The monoisotopic (exact) mass is 210 g/mol. The second-order valence-electron chi connectivity index (χ2n) is 4.18. The Balaban J connectivity index is 2.22. The minimum Gasteiger partial charge on any atom is -0.344 e. The Morgan fingerprint density at radius 1 is 1.25 bits per heavy atom. The smallest absolute Gasteiger partial charge is 0.0505 e. The lowest BCUT2D eigenvalue weighted by molar-refractivity contribution is 0.915. The van der Waals surface area contributed by atoms with Crippen molar-refractivity contribution in [3.8, 4) is 0 Å². The predicted octanol–water partition coefficient (Wildman–Crippen LogP) is 2.30. The summed E-state index contributed by atoms with van der Waals surface area (Å²) in [6.45, 7) is 0. The van der Waals surface area contributed by atoms with E-state index < -0.39 is 0 Å². The van der Waals surface area contributed by atoms with E-state index in [1.165, 1.54) is 22.5 Å². The zero-order chi connectivity index (χ0) is 11.1. The quantitative estimate of drug-likeness (QED) is 0.712. The Morgan fingerprint density at radius 3 is 2.94 bits per heavy atom. The van der Waals surface area contributed by atoms with Crippen LogP contribution in [0.25, 0.3) is 6.08 Å². The van der Waals surface area contributed by atoms with E-state index in [1.54, 1.807) is 0 Å². The van der Waals surface area contributed by atoms with Crippen molar-refractivity contribution in [2.24, 2.45) is 5.73 Å². The zero-order valence-corrected chi connectivity index (χ0v) is 9.22. The van der Waals surface area contributed by atoms with E-state index in [0.717, 1.165) is 0 Å². The number of para-hydroxylation sites is 1. The van der Waals surface area contributed by atoms with Gasteiger partial charge in [-0.05, 0) is 29.4 Å². The van der Waals surface area contributed by atoms with Crippen molar-refractivity contribution in [3.63, 3.8) is 0 Å². The van der Waals surface area contributed by atoms with Gasteiger partial charge in [-0.1, -0.05) is 30.4 Å². The van der Waals surface area contributed by atoms with Gasteiger partial charge in [-0.2, -0.15) is 0 Å². The van der Waals surface area contributed by atoms with Crippen molar-refractivity contribution in [2.45, 2.75) is 6.04 Å². The molecular weight excluding hydrogens is 196 g/mol. The van der Waals surface area contributed by atoms with Gasteiger partial charge in [-0.25, -0.2) is 0 Å². The number of hydrogen-bond donors (Lipinski definition) is 1. The van der Waals surface area contributed by atoms with Crippen LogP contribution in [-0.2, 0) is 0 Å². The highest BCUT2D eigenvalue weighted by Crippen LogP contribution is 2.35. The summed E-state index contributed by atoms with van der Waals surface area (Å²) < 4.78 is 0. The van der Waals surface area contributed by atoms with Crippen molar-refractivity contribution in [2.75, 3.05) is 11.9 Å². The molecule has 1 aromatic rings. The molecule has 2 N–H and O–H groups in total. The molecule has 2 aliphatic rings. The molecular formula is C14H14N2. The number of nitrogens with zero attached hydrogens (tertiary/aromatic N) is 1. The maximum absolute atomic E-state index is 6.09. The third-order valence-electron chi connectivity index (χ3n) is 3.20. The third-order valence-corrected chi connectivity index (χ3v) is 3.20. The second-order valence-corrected chi connectivity index (χ2v) is 4.18. The first-order valence-electron chi connectivity index (χ1n) is 5.46. The molecule has 1 aliphatic carbocycles. The number of likely N-dealkylation sites (N-methyl/N-ethyl adjacent to an activating group) is 1. The highest BCUT2D eigenvalue weighted by atomic mass is 15.1. The van der Waals surface area contributed by atoms with Crippen molar-refractivity contribution >= 4 is 11.8 Å². The Bertz CT molecular complexity index is 523. The number of rotatable bonds is 0. The number of benzene rings is 1. The average molecular weight is 210 g/mol. The van der Waals surface area contributed by atoms with Gasteiger partial charge in [0.05, 0.1) is 6.04 Å². The van der Waals surface area contributed by atoms with E-state index in [2.05, 4.69) is 48.4 Å². The first-order valence-corrected chi connectivity index (χ1v) is 5.46. The molecule has 0 aromatic heterocycles. The van der Waals surface area contributed by atoms with Crippen LogP contribution in [0.4, 0.5) is 5.69 Å². The minimum absolute atomic E-state index is 0.0100. The Kier molecular flexibility index (Phi) is 1.98. The van der Waals surface area contributed by atoms with E-state index in [-0.39, 0.29) is 6.04 Å². The van der Waals surface area contributed by atoms with Crippen LogP contribution >= 0.6 is 0 Å². The van der Waals surface area contributed by atoms with Gasteiger partial charge in [0, 0.05) is 18.4 Å². The molecule has 0 fully saturated rings. The largest absolute Gasteiger partial charge is 0.344 e. The maximum atomic E-state index is 6.09. The summed E-state index contributed by atoms with van der Waals surface area (Å²) in [5.41, 5.74) is 11.0. The van der Waals surface area contributed by atoms with Crippen LogP contribution < -0.4 is 10.6 Å². The third kappa shape index (κ3) is 1.24. The summed E-state index contributed by atoms with van der Waals surface area (Å²) in [6, 6.07) is 8.39. The van der Waals surface area contributed by atoms with Crippen molar-refractivity contribution in [1.82, 2.24) is 0 Å². The van der Waals surface area contributed by atoms with Crippen LogP contribution in [-0.4, -0.2) is 13.1 Å². The molecule has 1 aliphatic heterocycles. The Morgan fingerprint density at radius 2 is 2.06 bits per heavy atom. The fourth-order valence-corrected chi connectivity index (χ4v) is 2.33. The van der Waals surface area contributed by atoms with E-state index in [9.17, 15) is 0 Å². The van der Waals surface area contributed by atoms with Crippen molar-refractivity contribution in [3.05, 3.63) is 59.3 Å². The molecule has 0 spiro atoms. The standard InChI is InChI=1S/C14H14N2/c1-16-13-7-3-2-5-10(13)9-11-12(15)6-4-8-14(11)16/h2-9,12H,15H2,1H3. The molecule has 0 saturated heterocycles. The first kappa shape index (κ1) is 9.43. The highest BCUT2D eigenvalue weighted by Gasteiger charge is 2.23. The van der Waals surface area contributed by atoms with E-state index in [1.807, 2.05) is 12.2 Å². The normalized spacial score (nSPS) is 22.1. The van der Waals surface area contributed by atoms with Crippen LogP contribution in [0.3, 0.4) is 0 Å². The predicted molar refractivity (Wildman–Crippen MR) is 68.0 cm³/mol. The number of fused-ring (bicyclic) bond motifs is 2. The van der Waals surface area contributed by atoms with Gasteiger partial charge in [0.2, 0.25) is 0 Å². The highest BCUT2D eigenvalue weighted by molar-refractivity contribution is 5.80. The number of anilines is 1. The lowest BCUT2D eigenvalue weighted by atomic mass is 9.92. The van der Waals surface area contributed by atoms with Crippen LogP contribution in [0.2, 0.25) is 0 Å². The molecule has 2 nitrogen and oxygen atoms in total. The molecule has 0 amide bonds. The lowest BCUT2D eigenvalue weighted by Crippen LogP contribution is -2.32.